The van der Waals surface area contributed by atoms with Gasteiger partial charge in [-0.3, -0.25) is 0 Å². The van der Waals surface area contributed by atoms with Gasteiger partial charge in [-0.15, -0.1) is 0 Å². The first-order chi connectivity index (χ1) is 17.2. The van der Waals surface area contributed by atoms with Crippen LogP contribution >= 0.6 is 0 Å². The first-order valence-electron chi connectivity index (χ1n) is 14.5. The molecule has 0 spiro atoms. The molecule has 0 fully saturated rings. The molecule has 3 aromatic carbocycles. The van der Waals surface area contributed by atoms with E-state index in [2.05, 4.69) is 126 Å². The molecule has 1 nitrogen and oxygen atoms in total. The molecule has 3 aromatic rings. The standard InChI is InChI=1S/C36H51N/c1-20(2)26-16-31(22(5)6)35(32(17-26)23(7)8)28-13-29(15-30(37)14-28)36-33(24(9)10)18-27(21(3)4)19-34(36)25(11)12/h13-25H,37H2,1-12H3. The largest absolute Gasteiger partial charge is 0.399 e. The van der Waals surface area contributed by atoms with Gasteiger partial charge in [-0.25, -0.2) is 0 Å². The zero-order valence-corrected chi connectivity index (χ0v) is 25.6. The number of nitrogen functional groups attached to an aromatic ring is 1. The molecule has 0 atom stereocenters. The number of hydrogen-bond donors (Lipinski definition) is 1. The molecule has 1 heteroatoms. The Morgan fingerprint density at radius 3 is 0.865 bits per heavy atom. The monoisotopic (exact) mass is 497 g/mol. The summed E-state index contributed by atoms with van der Waals surface area (Å²) in [6, 6.07) is 16.6. The summed E-state index contributed by atoms with van der Waals surface area (Å²) in [4.78, 5) is 0. The van der Waals surface area contributed by atoms with Gasteiger partial charge < -0.3 is 5.73 Å². The van der Waals surface area contributed by atoms with Crippen molar-refractivity contribution < 1.29 is 0 Å². The molecule has 0 saturated carbocycles. The summed E-state index contributed by atoms with van der Waals surface area (Å²) in [6.07, 6.45) is 0. The summed E-state index contributed by atoms with van der Waals surface area (Å²) in [5, 5.41) is 0. The maximum Gasteiger partial charge on any atom is 0.0326 e. The Kier molecular flexibility index (Phi) is 8.99. The highest BCUT2D eigenvalue weighted by Crippen LogP contribution is 2.44. The maximum atomic E-state index is 6.70. The van der Waals surface area contributed by atoms with E-state index in [1.807, 2.05) is 0 Å². The Morgan fingerprint density at radius 2 is 0.649 bits per heavy atom. The fourth-order valence-corrected chi connectivity index (χ4v) is 5.52. The van der Waals surface area contributed by atoms with E-state index >= 15 is 0 Å². The van der Waals surface area contributed by atoms with Gasteiger partial charge >= 0.3 is 0 Å². The van der Waals surface area contributed by atoms with Crippen molar-refractivity contribution in [3.63, 3.8) is 0 Å². The topological polar surface area (TPSA) is 26.0 Å². The minimum Gasteiger partial charge on any atom is -0.399 e. The highest BCUT2D eigenvalue weighted by molar-refractivity contribution is 5.84. The second-order valence-corrected chi connectivity index (χ2v) is 12.9. The SMILES string of the molecule is CC(C)c1cc(C(C)C)c(-c2cc(N)cc(-c3c(C(C)C)cc(C(C)C)cc3C(C)C)c2)c(C(C)C)c1. The average molecular weight is 498 g/mol. The van der Waals surface area contributed by atoms with Crippen molar-refractivity contribution in [3.8, 4) is 22.3 Å². The van der Waals surface area contributed by atoms with Gasteiger partial charge in [0.2, 0.25) is 0 Å². The molecule has 37 heavy (non-hydrogen) atoms. The van der Waals surface area contributed by atoms with E-state index in [1.165, 1.54) is 55.6 Å². The quantitative estimate of drug-likeness (QED) is 0.308. The lowest BCUT2D eigenvalue weighted by Crippen LogP contribution is -2.06. The number of hydrogen-bond acceptors (Lipinski definition) is 1. The van der Waals surface area contributed by atoms with Gasteiger partial charge in [-0.05, 0) is 109 Å². The van der Waals surface area contributed by atoms with E-state index in [1.54, 1.807) is 0 Å². The minimum absolute atomic E-state index is 0.429. The van der Waals surface area contributed by atoms with Crippen LogP contribution in [0.2, 0.25) is 0 Å². The summed E-state index contributed by atoms with van der Waals surface area (Å²) < 4.78 is 0. The minimum atomic E-state index is 0.429. The third-order valence-corrected chi connectivity index (χ3v) is 7.80. The van der Waals surface area contributed by atoms with Crippen molar-refractivity contribution in [3.05, 3.63) is 75.8 Å². The first kappa shape index (κ1) is 29.0. The van der Waals surface area contributed by atoms with E-state index in [4.69, 9.17) is 5.73 Å². The van der Waals surface area contributed by atoms with Crippen molar-refractivity contribution in [1.29, 1.82) is 0 Å². The molecule has 3 rings (SSSR count). The Morgan fingerprint density at radius 1 is 0.378 bits per heavy atom. The lowest BCUT2D eigenvalue weighted by atomic mass is 9.79. The molecule has 0 aliphatic heterocycles. The van der Waals surface area contributed by atoms with Crippen LogP contribution in [0.5, 0.6) is 0 Å². The molecule has 0 amide bonds. The summed E-state index contributed by atoms with van der Waals surface area (Å²) in [7, 11) is 0. The molecule has 0 heterocycles. The zero-order valence-electron chi connectivity index (χ0n) is 25.6. The van der Waals surface area contributed by atoms with Gasteiger partial charge in [-0.1, -0.05) is 107 Å². The molecule has 0 saturated heterocycles. The normalized spacial score (nSPS) is 12.3. The van der Waals surface area contributed by atoms with Crippen LogP contribution in [0.25, 0.3) is 22.3 Å². The third-order valence-electron chi connectivity index (χ3n) is 7.80. The lowest BCUT2D eigenvalue weighted by Gasteiger charge is -2.26. The molecule has 0 aliphatic rings. The van der Waals surface area contributed by atoms with Crippen molar-refractivity contribution in [2.24, 2.45) is 0 Å². The van der Waals surface area contributed by atoms with Gasteiger partial charge in [0.1, 0.15) is 0 Å². The number of nitrogens with two attached hydrogens (primary N) is 1. The van der Waals surface area contributed by atoms with Crippen LogP contribution in [0, 0.1) is 0 Å². The molecule has 200 valence electrons. The highest BCUT2D eigenvalue weighted by atomic mass is 14.5. The van der Waals surface area contributed by atoms with Crippen molar-refractivity contribution in [2.75, 3.05) is 5.73 Å². The van der Waals surface area contributed by atoms with Crippen molar-refractivity contribution in [2.45, 2.75) is 119 Å². The van der Waals surface area contributed by atoms with Crippen LogP contribution in [0.1, 0.15) is 152 Å². The van der Waals surface area contributed by atoms with Crippen LogP contribution in [0.4, 0.5) is 5.69 Å². The number of benzene rings is 3. The Bertz CT molecular complexity index is 1090. The fourth-order valence-electron chi connectivity index (χ4n) is 5.52. The molecular weight excluding hydrogens is 446 g/mol. The molecule has 0 bridgehead atoms. The lowest BCUT2D eigenvalue weighted by molar-refractivity contribution is 0.807. The highest BCUT2D eigenvalue weighted by Gasteiger charge is 2.22. The van der Waals surface area contributed by atoms with Crippen molar-refractivity contribution in [1.82, 2.24) is 0 Å². The van der Waals surface area contributed by atoms with Crippen LogP contribution < -0.4 is 5.73 Å². The Labute approximate surface area is 227 Å². The smallest absolute Gasteiger partial charge is 0.0326 e. The molecule has 0 aliphatic carbocycles. The Balaban J connectivity index is 2.42. The summed E-state index contributed by atoms with van der Waals surface area (Å²) in [5.41, 5.74) is 21.3. The van der Waals surface area contributed by atoms with E-state index in [0.717, 1.165) is 5.69 Å². The second kappa shape index (κ2) is 11.5. The second-order valence-electron chi connectivity index (χ2n) is 12.9. The van der Waals surface area contributed by atoms with E-state index < -0.39 is 0 Å². The summed E-state index contributed by atoms with van der Waals surface area (Å²) >= 11 is 0. The van der Waals surface area contributed by atoms with Crippen LogP contribution in [0.15, 0.2) is 42.5 Å². The van der Waals surface area contributed by atoms with E-state index in [9.17, 15) is 0 Å². The summed E-state index contributed by atoms with van der Waals surface area (Å²) in [5.74, 6) is 2.72. The average Bonchev–Trinajstić information content (AvgIpc) is 2.81. The summed E-state index contributed by atoms with van der Waals surface area (Å²) in [6.45, 7) is 27.7. The van der Waals surface area contributed by atoms with Gasteiger partial charge in [0.05, 0.1) is 0 Å². The number of anilines is 1. The fraction of sp³-hybridized carbons (Fsp3) is 0.500. The molecule has 2 N–H and O–H groups in total. The predicted octanol–water partition coefficient (Wildman–Crippen LogP) is 11.3. The predicted molar refractivity (Wildman–Crippen MR) is 166 cm³/mol. The van der Waals surface area contributed by atoms with Crippen LogP contribution in [0.3, 0.4) is 0 Å². The molecular formula is C36H51N. The first-order valence-corrected chi connectivity index (χ1v) is 14.5. The molecule has 0 aromatic heterocycles. The molecule has 0 radical (unpaired) electrons. The third kappa shape index (κ3) is 6.14. The maximum absolute atomic E-state index is 6.70. The van der Waals surface area contributed by atoms with Crippen LogP contribution in [-0.2, 0) is 0 Å². The van der Waals surface area contributed by atoms with E-state index in [-0.39, 0.29) is 0 Å². The van der Waals surface area contributed by atoms with Gasteiger partial charge in [0, 0.05) is 5.69 Å². The van der Waals surface area contributed by atoms with Gasteiger partial charge in [-0.2, -0.15) is 0 Å². The van der Waals surface area contributed by atoms with Gasteiger partial charge in [0.25, 0.3) is 0 Å². The Hall–Kier alpha value is -2.54. The zero-order chi connectivity index (χ0) is 27.8. The van der Waals surface area contributed by atoms with Crippen molar-refractivity contribution >= 4 is 5.69 Å². The molecule has 0 unspecified atom stereocenters. The van der Waals surface area contributed by atoms with Gasteiger partial charge in [0.15, 0.2) is 0 Å². The number of rotatable bonds is 8. The van der Waals surface area contributed by atoms with Crippen LogP contribution in [-0.4, -0.2) is 0 Å². The van der Waals surface area contributed by atoms with E-state index in [0.29, 0.717) is 35.5 Å².